The van der Waals surface area contributed by atoms with Gasteiger partial charge in [0.05, 0.1) is 0 Å². The van der Waals surface area contributed by atoms with Crippen LogP contribution in [0, 0.1) is 11.8 Å². The van der Waals surface area contributed by atoms with E-state index >= 15 is 0 Å². The predicted octanol–water partition coefficient (Wildman–Crippen LogP) is 26.8. The topological polar surface area (TPSA) is 0 Å². The summed E-state index contributed by atoms with van der Waals surface area (Å²) in [6, 6.07) is 0. The average molecular weight is 1360 g/mol. The molecule has 2 unspecified atom stereocenters. The maximum atomic E-state index is 2.54. The van der Waals surface area contributed by atoms with E-state index in [0.717, 1.165) is 11.8 Å². The average Bonchev–Trinajstić information content (AvgIpc) is 4.31. The molecule has 0 aromatic carbocycles. The quantitative estimate of drug-likeness (QED) is 0.0305. The number of hydrogen-bond donors (Lipinski definition) is 0. The Labute approximate surface area is 523 Å². The molecule has 4 heterocycles. The molecule has 0 N–H and O–H groups in total. The van der Waals surface area contributed by atoms with Crippen LogP contribution in [0.25, 0.3) is 28.2 Å². The van der Waals surface area contributed by atoms with Crippen molar-refractivity contribution in [3.05, 3.63) is 11.1 Å². The molecule has 0 aliphatic heterocycles. The molecule has 2 atom stereocenters. The fourth-order valence-electron chi connectivity index (χ4n) is 12.7. The van der Waals surface area contributed by atoms with Crippen molar-refractivity contribution in [1.29, 1.82) is 0 Å². The van der Waals surface area contributed by atoms with Crippen LogP contribution in [0.1, 0.15) is 376 Å². The van der Waals surface area contributed by atoms with Gasteiger partial charge in [-0.25, -0.2) is 0 Å². The third kappa shape index (κ3) is 30.5. The molecule has 0 fully saturated rings. The molecule has 0 amide bonds. The summed E-state index contributed by atoms with van der Waals surface area (Å²) in [5.74, 6) is 2.00. The van der Waals surface area contributed by atoms with E-state index in [4.69, 9.17) is 0 Å². The van der Waals surface area contributed by atoms with Crippen LogP contribution < -0.4 is 5.79 Å². The van der Waals surface area contributed by atoms with Gasteiger partial charge in [0, 0.05) is 0 Å². The van der Waals surface area contributed by atoms with Gasteiger partial charge in [-0.2, -0.15) is 0 Å². The van der Waals surface area contributed by atoms with Crippen molar-refractivity contribution in [2.24, 2.45) is 11.8 Å². The summed E-state index contributed by atoms with van der Waals surface area (Å²) in [6.45, 7) is 24.6. The van der Waals surface area contributed by atoms with Crippen molar-refractivity contribution < 1.29 is 0 Å². The number of rotatable bonds is 52. The SMILES string of the molecule is CCCCCCCCCCC(CCCCCCCC)CCCCCCCCc1[c]([Sn][C](C)(C)C)sc2c1sc1c3s[c]([Sn][C](C)(C)C)c(CCCCCCCCC(CCCCCCCC)CCCCCCCCCC)c3sc21. The predicted molar refractivity (Wildman–Crippen MR) is 370 cm³/mol. The van der Waals surface area contributed by atoms with Gasteiger partial charge in [0.2, 0.25) is 0 Å². The molecule has 78 heavy (non-hydrogen) atoms. The van der Waals surface area contributed by atoms with Crippen molar-refractivity contribution in [3.63, 3.8) is 0 Å². The van der Waals surface area contributed by atoms with Gasteiger partial charge < -0.3 is 0 Å². The van der Waals surface area contributed by atoms with Crippen LogP contribution in [-0.2, 0) is 12.8 Å². The Balaban J connectivity index is 1.29. The summed E-state index contributed by atoms with van der Waals surface area (Å²) < 4.78 is 15.0. The second kappa shape index (κ2) is 43.7. The summed E-state index contributed by atoms with van der Waals surface area (Å²) in [5, 5.41) is 0. The van der Waals surface area contributed by atoms with Gasteiger partial charge in [-0.1, -0.05) is 207 Å². The summed E-state index contributed by atoms with van der Waals surface area (Å²) in [7, 11) is 0. The van der Waals surface area contributed by atoms with Gasteiger partial charge in [-0.3, -0.25) is 0 Å². The van der Waals surface area contributed by atoms with Gasteiger partial charge in [-0.15, -0.1) is 0 Å². The first-order chi connectivity index (χ1) is 37.9. The van der Waals surface area contributed by atoms with E-state index in [1.165, 1.54) is 308 Å². The van der Waals surface area contributed by atoms with Crippen LogP contribution >= 0.6 is 45.3 Å². The zero-order valence-electron chi connectivity index (χ0n) is 53.7. The minimum absolute atomic E-state index is 0.490. The number of thiophene rings is 4. The Bertz CT molecular complexity index is 1890. The third-order valence-corrected chi connectivity index (χ3v) is 33.1. The molecule has 0 spiro atoms. The molecule has 0 saturated heterocycles. The Morgan fingerprint density at radius 2 is 0.462 bits per heavy atom. The van der Waals surface area contributed by atoms with Crippen LogP contribution in [0.5, 0.6) is 0 Å². The van der Waals surface area contributed by atoms with Gasteiger partial charge in [0.1, 0.15) is 0 Å². The molecular formula is C72H128S4Sn2. The summed E-state index contributed by atoms with van der Waals surface area (Å²) in [4.78, 5) is 0. The second-order valence-corrected chi connectivity index (χ2v) is 46.4. The zero-order chi connectivity index (χ0) is 56.1. The van der Waals surface area contributed by atoms with E-state index in [1.54, 1.807) is 28.2 Å². The monoisotopic (exact) mass is 1360 g/mol. The Kier molecular flexibility index (Phi) is 40.2. The molecule has 0 aliphatic rings. The Hall–Kier alpha value is 1.18. The van der Waals surface area contributed by atoms with E-state index < -0.39 is 42.3 Å². The zero-order valence-corrected chi connectivity index (χ0v) is 62.7. The molecule has 0 nitrogen and oxygen atoms in total. The first-order valence-electron chi connectivity index (χ1n) is 34.9. The molecule has 4 rings (SSSR count). The Morgan fingerprint density at radius 1 is 0.256 bits per heavy atom. The molecule has 4 aromatic rings. The molecule has 0 aliphatic carbocycles. The van der Waals surface area contributed by atoms with Crippen molar-refractivity contribution in [1.82, 2.24) is 0 Å². The number of aryl methyl sites for hydroxylation is 2. The summed E-state index contributed by atoms with van der Waals surface area (Å²) in [5.41, 5.74) is 3.66. The van der Waals surface area contributed by atoms with Crippen LogP contribution in [-0.4, -0.2) is 42.3 Å². The number of hydrogen-bond acceptors (Lipinski definition) is 4. The van der Waals surface area contributed by atoms with Gasteiger partial charge in [0.15, 0.2) is 0 Å². The first-order valence-corrected chi connectivity index (χ1v) is 43.8. The van der Waals surface area contributed by atoms with Crippen molar-refractivity contribution >= 4 is 122 Å². The minimum atomic E-state index is -0.687. The third-order valence-electron chi connectivity index (χ3n) is 17.4. The van der Waals surface area contributed by atoms with Crippen LogP contribution in [0.4, 0.5) is 0 Å². The van der Waals surface area contributed by atoms with Gasteiger partial charge in [0.25, 0.3) is 0 Å². The van der Waals surface area contributed by atoms with Crippen LogP contribution in [0.3, 0.4) is 0 Å². The number of unbranched alkanes of at least 4 members (excludes halogenated alkanes) is 34. The molecule has 6 heteroatoms. The molecule has 0 saturated carbocycles. The number of fused-ring (bicyclic) bond motifs is 5. The van der Waals surface area contributed by atoms with E-state index in [2.05, 4.69) is 115 Å². The van der Waals surface area contributed by atoms with E-state index in [1.807, 2.05) is 16.9 Å². The fraction of sp³-hybridized carbons (Fsp3) is 0.861. The van der Waals surface area contributed by atoms with Gasteiger partial charge >= 0.3 is 321 Å². The molecule has 0 bridgehead atoms. The Morgan fingerprint density at radius 3 is 0.692 bits per heavy atom. The van der Waals surface area contributed by atoms with Crippen LogP contribution in [0.15, 0.2) is 0 Å². The maximum absolute atomic E-state index is 2.54. The molecule has 4 aromatic heterocycles. The molecule has 4 radical (unpaired) electrons. The normalized spacial score (nSPS) is 13.4. The standard InChI is InChI=1S/C64H110S4.2C4H9.2Sn/c1-5-9-13-17-21-23-31-39-47-55(45-37-29-19-15-11-7-3)49-41-33-25-27-35-43-51-57-53-65-61-59(57)67-64-62-60(68-63(61)64)58(54-66-62)52-44-36-28-26-34-42-50-56(46-38-30-20-16-12-8-4)48-40-32-24-22-18-14-10-6-2;2*1-4(2)3;;/h55-56H,5-52H2,1-4H3;2*1-3H3;;. The van der Waals surface area contributed by atoms with E-state index in [9.17, 15) is 0 Å². The first kappa shape index (κ1) is 71.7. The van der Waals surface area contributed by atoms with E-state index in [0.29, 0.717) is 6.86 Å². The molecule has 448 valence electrons. The van der Waals surface area contributed by atoms with Crippen LogP contribution in [0.2, 0.25) is 6.86 Å². The van der Waals surface area contributed by atoms with Crippen molar-refractivity contribution in [3.8, 4) is 0 Å². The van der Waals surface area contributed by atoms with Crippen molar-refractivity contribution in [2.75, 3.05) is 0 Å². The van der Waals surface area contributed by atoms with Gasteiger partial charge in [-0.05, 0) is 0 Å². The summed E-state index contributed by atoms with van der Waals surface area (Å²) >= 11 is 7.69. The second-order valence-electron chi connectivity index (χ2n) is 27.4. The fourth-order valence-corrected chi connectivity index (χ4v) is 31.9. The van der Waals surface area contributed by atoms with E-state index in [-0.39, 0.29) is 0 Å². The molecular weight excluding hydrogens is 1230 g/mol. The van der Waals surface area contributed by atoms with Crippen molar-refractivity contribution in [2.45, 2.75) is 384 Å². The summed E-state index contributed by atoms with van der Waals surface area (Å²) in [6.07, 6.45) is 69.8.